The maximum atomic E-state index is 10.3. The second-order valence-corrected chi connectivity index (χ2v) is 9.07. The molecule has 1 aromatic carbocycles. The SMILES string of the molecule is CC(C)c1nc(NCCN(C)C)cc(N2CCc3cc(C(C)(C)O)ccc3C2)n1. The topological polar surface area (TPSA) is 64.5 Å². The Labute approximate surface area is 175 Å². The van der Waals surface area contributed by atoms with Gasteiger partial charge in [-0.3, -0.25) is 0 Å². The Bertz CT molecular complexity index is 842. The van der Waals surface area contributed by atoms with Crippen LogP contribution in [0.4, 0.5) is 11.6 Å². The summed E-state index contributed by atoms with van der Waals surface area (Å²) in [5.74, 6) is 3.02. The lowest BCUT2D eigenvalue weighted by atomic mass is 9.91. The van der Waals surface area contributed by atoms with Crippen molar-refractivity contribution in [3.8, 4) is 0 Å². The third-order valence-electron chi connectivity index (χ3n) is 5.36. The van der Waals surface area contributed by atoms with Crippen LogP contribution in [0.3, 0.4) is 0 Å². The van der Waals surface area contributed by atoms with Gasteiger partial charge in [0.1, 0.15) is 17.5 Å². The first-order valence-electron chi connectivity index (χ1n) is 10.5. The van der Waals surface area contributed by atoms with E-state index in [-0.39, 0.29) is 5.92 Å². The first-order valence-corrected chi connectivity index (χ1v) is 10.5. The molecule has 0 unspecified atom stereocenters. The molecule has 6 heteroatoms. The lowest BCUT2D eigenvalue weighted by molar-refractivity contribution is 0.0785. The highest BCUT2D eigenvalue weighted by Gasteiger charge is 2.22. The summed E-state index contributed by atoms with van der Waals surface area (Å²) in [5, 5.41) is 13.7. The predicted molar refractivity (Wildman–Crippen MR) is 120 cm³/mol. The molecule has 1 aliphatic rings. The van der Waals surface area contributed by atoms with E-state index in [9.17, 15) is 5.11 Å². The molecular formula is C23H35N5O. The summed E-state index contributed by atoms with van der Waals surface area (Å²) in [4.78, 5) is 14.1. The van der Waals surface area contributed by atoms with Crippen LogP contribution in [0.15, 0.2) is 24.3 Å². The summed E-state index contributed by atoms with van der Waals surface area (Å²) < 4.78 is 0. The summed E-state index contributed by atoms with van der Waals surface area (Å²) in [7, 11) is 4.14. The summed E-state index contributed by atoms with van der Waals surface area (Å²) >= 11 is 0. The van der Waals surface area contributed by atoms with Crippen molar-refractivity contribution in [2.45, 2.75) is 52.2 Å². The average molecular weight is 398 g/mol. The minimum atomic E-state index is -0.807. The molecule has 158 valence electrons. The van der Waals surface area contributed by atoms with Crippen molar-refractivity contribution in [3.63, 3.8) is 0 Å². The minimum Gasteiger partial charge on any atom is -0.386 e. The number of hydrogen-bond acceptors (Lipinski definition) is 6. The fourth-order valence-corrected chi connectivity index (χ4v) is 3.50. The Hall–Kier alpha value is -2.18. The molecule has 29 heavy (non-hydrogen) atoms. The van der Waals surface area contributed by atoms with Crippen molar-refractivity contribution in [1.29, 1.82) is 0 Å². The molecule has 1 aliphatic heterocycles. The molecule has 2 heterocycles. The Morgan fingerprint density at radius 3 is 2.59 bits per heavy atom. The van der Waals surface area contributed by atoms with Gasteiger partial charge in [0.2, 0.25) is 0 Å². The molecule has 1 aromatic heterocycles. The van der Waals surface area contributed by atoms with Gasteiger partial charge in [0.05, 0.1) is 5.60 Å². The third-order valence-corrected chi connectivity index (χ3v) is 5.36. The van der Waals surface area contributed by atoms with Crippen LogP contribution in [-0.4, -0.2) is 53.7 Å². The summed E-state index contributed by atoms with van der Waals surface area (Å²) in [5.41, 5.74) is 2.79. The summed E-state index contributed by atoms with van der Waals surface area (Å²) in [6.45, 7) is 11.5. The van der Waals surface area contributed by atoms with Crippen molar-refractivity contribution in [2.75, 3.05) is 43.9 Å². The van der Waals surface area contributed by atoms with Gasteiger partial charge >= 0.3 is 0 Å². The van der Waals surface area contributed by atoms with Crippen LogP contribution in [0.25, 0.3) is 0 Å². The standard InChI is InChI=1S/C23H35N5O/c1-16(2)22-25-20(24-10-12-27(5)6)14-21(26-22)28-11-9-17-13-19(23(3,4)29)8-7-18(17)15-28/h7-8,13-14,16,29H,9-12,15H2,1-6H3,(H,24,25,26). The van der Waals surface area contributed by atoms with Gasteiger partial charge in [0.15, 0.2) is 0 Å². The zero-order valence-corrected chi connectivity index (χ0v) is 18.7. The summed E-state index contributed by atoms with van der Waals surface area (Å²) in [6.07, 6.45) is 0.948. The van der Waals surface area contributed by atoms with Crippen LogP contribution in [0.1, 0.15) is 56.1 Å². The van der Waals surface area contributed by atoms with Gasteiger partial charge in [-0.2, -0.15) is 0 Å². The highest BCUT2D eigenvalue weighted by atomic mass is 16.3. The van der Waals surface area contributed by atoms with Crippen molar-refractivity contribution in [2.24, 2.45) is 0 Å². The number of aromatic nitrogens is 2. The van der Waals surface area contributed by atoms with Gasteiger partial charge in [-0.05, 0) is 51.1 Å². The number of anilines is 2. The van der Waals surface area contributed by atoms with Gasteiger partial charge < -0.3 is 20.2 Å². The Kier molecular flexibility index (Phi) is 6.44. The van der Waals surface area contributed by atoms with Crippen LogP contribution < -0.4 is 10.2 Å². The van der Waals surface area contributed by atoms with Crippen LogP contribution in [0.2, 0.25) is 0 Å². The lowest BCUT2D eigenvalue weighted by Crippen LogP contribution is -2.32. The van der Waals surface area contributed by atoms with E-state index in [2.05, 4.69) is 61.3 Å². The molecule has 0 atom stereocenters. The third kappa shape index (κ3) is 5.46. The van der Waals surface area contributed by atoms with Crippen molar-refractivity contribution < 1.29 is 5.11 Å². The van der Waals surface area contributed by atoms with E-state index >= 15 is 0 Å². The first kappa shape index (κ1) is 21.5. The van der Waals surface area contributed by atoms with Gasteiger partial charge in [-0.25, -0.2) is 9.97 Å². The van der Waals surface area contributed by atoms with Gasteiger partial charge in [-0.15, -0.1) is 0 Å². The summed E-state index contributed by atoms with van der Waals surface area (Å²) in [6, 6.07) is 8.41. The van der Waals surface area contributed by atoms with E-state index < -0.39 is 5.60 Å². The Morgan fingerprint density at radius 2 is 1.93 bits per heavy atom. The van der Waals surface area contributed by atoms with Gasteiger partial charge in [0.25, 0.3) is 0 Å². The van der Waals surface area contributed by atoms with Crippen LogP contribution in [0, 0.1) is 0 Å². The highest BCUT2D eigenvalue weighted by molar-refractivity contribution is 5.52. The zero-order valence-electron chi connectivity index (χ0n) is 18.7. The van der Waals surface area contributed by atoms with Gasteiger partial charge in [0, 0.05) is 38.2 Å². The number of likely N-dealkylation sites (N-methyl/N-ethyl adjacent to an activating group) is 1. The molecule has 0 spiro atoms. The molecule has 0 saturated heterocycles. The van der Waals surface area contributed by atoms with Crippen molar-refractivity contribution in [1.82, 2.24) is 14.9 Å². The normalized spacial score (nSPS) is 14.4. The second-order valence-electron chi connectivity index (χ2n) is 9.07. The first-order chi connectivity index (χ1) is 13.6. The number of fused-ring (bicyclic) bond motifs is 1. The van der Waals surface area contributed by atoms with Crippen molar-refractivity contribution in [3.05, 3.63) is 46.8 Å². The molecule has 3 rings (SSSR count). The number of rotatable bonds is 7. The number of benzene rings is 1. The Morgan fingerprint density at radius 1 is 1.17 bits per heavy atom. The number of nitrogens with one attached hydrogen (secondary N) is 1. The molecule has 2 N–H and O–H groups in total. The fraction of sp³-hybridized carbons (Fsp3) is 0.565. The van der Waals surface area contributed by atoms with E-state index in [4.69, 9.17) is 9.97 Å². The van der Waals surface area contributed by atoms with E-state index in [0.29, 0.717) is 0 Å². The van der Waals surface area contributed by atoms with Crippen LogP contribution in [0.5, 0.6) is 0 Å². The number of nitrogens with zero attached hydrogens (tertiary/aromatic N) is 4. The Balaban J connectivity index is 1.82. The van der Waals surface area contributed by atoms with Crippen LogP contribution >= 0.6 is 0 Å². The van der Waals surface area contributed by atoms with E-state index in [0.717, 1.165) is 55.6 Å². The molecule has 0 aliphatic carbocycles. The lowest BCUT2D eigenvalue weighted by Gasteiger charge is -2.31. The van der Waals surface area contributed by atoms with E-state index in [1.165, 1.54) is 11.1 Å². The molecule has 0 fully saturated rings. The smallest absolute Gasteiger partial charge is 0.135 e. The maximum Gasteiger partial charge on any atom is 0.135 e. The molecule has 0 amide bonds. The molecule has 0 radical (unpaired) electrons. The second kappa shape index (κ2) is 8.67. The largest absolute Gasteiger partial charge is 0.386 e. The predicted octanol–water partition coefficient (Wildman–Crippen LogP) is 3.36. The van der Waals surface area contributed by atoms with Crippen LogP contribution in [-0.2, 0) is 18.6 Å². The van der Waals surface area contributed by atoms with E-state index in [1.54, 1.807) is 0 Å². The monoisotopic (exact) mass is 397 g/mol. The molecule has 6 nitrogen and oxygen atoms in total. The quantitative estimate of drug-likeness (QED) is 0.747. The maximum absolute atomic E-state index is 10.3. The molecule has 0 bridgehead atoms. The molecular weight excluding hydrogens is 362 g/mol. The van der Waals surface area contributed by atoms with Crippen molar-refractivity contribution >= 4 is 11.6 Å². The highest BCUT2D eigenvalue weighted by Crippen LogP contribution is 2.29. The average Bonchev–Trinajstić information content (AvgIpc) is 2.66. The minimum absolute atomic E-state index is 0.274. The van der Waals surface area contributed by atoms with Gasteiger partial charge in [-0.1, -0.05) is 32.0 Å². The molecule has 0 saturated carbocycles. The zero-order chi connectivity index (χ0) is 21.2. The fourth-order valence-electron chi connectivity index (χ4n) is 3.50. The molecule has 2 aromatic rings. The van der Waals surface area contributed by atoms with E-state index in [1.807, 2.05) is 19.9 Å². The number of aliphatic hydroxyl groups is 1. The number of hydrogen-bond donors (Lipinski definition) is 2.